The molecule has 0 spiro atoms. The normalized spacial score (nSPS) is 14.8. The van der Waals surface area contributed by atoms with E-state index in [0.717, 1.165) is 5.56 Å². The number of hydrazone groups is 1. The number of nitrogens with one attached hydrogen (secondary N) is 1. The van der Waals surface area contributed by atoms with Crippen molar-refractivity contribution in [3.63, 3.8) is 0 Å². The predicted molar refractivity (Wildman–Crippen MR) is 117 cm³/mol. The smallest absolute Gasteiger partial charge is 0.335 e. The molecule has 0 radical (unpaired) electrons. The summed E-state index contributed by atoms with van der Waals surface area (Å²) in [6.07, 6.45) is 3.27. The van der Waals surface area contributed by atoms with Crippen LogP contribution in [-0.2, 0) is 4.79 Å². The summed E-state index contributed by atoms with van der Waals surface area (Å²) >= 11 is 0. The van der Waals surface area contributed by atoms with Gasteiger partial charge in [-0.05, 0) is 55.8 Å². The van der Waals surface area contributed by atoms with Crippen LogP contribution in [-0.4, -0.2) is 33.5 Å². The molecule has 2 heterocycles. The van der Waals surface area contributed by atoms with Crippen molar-refractivity contribution >= 4 is 35.1 Å². The molecule has 1 aliphatic rings. The lowest BCUT2D eigenvalue weighted by Gasteiger charge is -2.11. The lowest BCUT2D eigenvalue weighted by molar-refractivity contribution is -0.114. The van der Waals surface area contributed by atoms with E-state index < -0.39 is 5.97 Å². The van der Waals surface area contributed by atoms with Gasteiger partial charge in [-0.3, -0.25) is 9.59 Å². The van der Waals surface area contributed by atoms with Crippen molar-refractivity contribution in [1.82, 2.24) is 4.98 Å². The van der Waals surface area contributed by atoms with Crippen molar-refractivity contribution in [2.45, 2.75) is 13.8 Å². The van der Waals surface area contributed by atoms with Crippen molar-refractivity contribution in [1.29, 1.82) is 0 Å². The maximum atomic E-state index is 12.9. The Hall–Kier alpha value is -4.26. The molecule has 0 atom stereocenters. The molecule has 2 N–H and O–H groups in total. The van der Waals surface area contributed by atoms with Gasteiger partial charge < -0.3 is 10.1 Å². The van der Waals surface area contributed by atoms with Crippen molar-refractivity contribution < 1.29 is 19.5 Å². The molecule has 154 valence electrons. The molecule has 4 rings (SSSR count). The van der Waals surface area contributed by atoms with E-state index in [-0.39, 0.29) is 17.3 Å². The molecule has 0 unspecified atom stereocenters. The molecule has 0 fully saturated rings. The number of anilines is 1. The standard InChI is InChI=1S/C24H19N3O4/c1-14-5-3-4-6-20(14)22(28)17-11-18(25-13-17)12-21-15(2)26-27(23(21)29)19-9-7-16(8-10-19)24(30)31/h3-13,25H,1-2H3,(H,30,31)/b21-12-. The van der Waals surface area contributed by atoms with Crippen LogP contribution in [0.1, 0.15) is 44.5 Å². The highest BCUT2D eigenvalue weighted by molar-refractivity contribution is 6.32. The molecule has 1 amide bonds. The van der Waals surface area contributed by atoms with E-state index in [1.807, 2.05) is 25.1 Å². The van der Waals surface area contributed by atoms with Gasteiger partial charge in [0.05, 0.1) is 22.5 Å². The van der Waals surface area contributed by atoms with Crippen molar-refractivity contribution in [3.05, 3.63) is 94.3 Å². The van der Waals surface area contributed by atoms with Gasteiger partial charge in [0, 0.05) is 23.0 Å². The van der Waals surface area contributed by atoms with Gasteiger partial charge in [0.15, 0.2) is 5.78 Å². The summed E-state index contributed by atoms with van der Waals surface area (Å²) in [5, 5.41) is 14.6. The molecule has 2 aromatic carbocycles. The number of hydrogen-bond donors (Lipinski definition) is 2. The number of aromatic amines is 1. The number of carboxylic acids is 1. The first-order valence-corrected chi connectivity index (χ1v) is 9.59. The molecule has 1 aromatic heterocycles. The second-order valence-corrected chi connectivity index (χ2v) is 7.20. The fourth-order valence-corrected chi connectivity index (χ4v) is 3.37. The van der Waals surface area contributed by atoms with Gasteiger partial charge in [0.1, 0.15) is 0 Å². The zero-order chi connectivity index (χ0) is 22.1. The topological polar surface area (TPSA) is 103 Å². The second kappa shape index (κ2) is 7.87. The first kappa shape index (κ1) is 20.0. The molecule has 7 nitrogen and oxygen atoms in total. The fraction of sp³-hybridized carbons (Fsp3) is 0.0833. The summed E-state index contributed by atoms with van der Waals surface area (Å²) in [4.78, 5) is 39.7. The average Bonchev–Trinajstić information content (AvgIpc) is 3.34. The average molecular weight is 413 g/mol. The van der Waals surface area contributed by atoms with E-state index in [9.17, 15) is 14.4 Å². The number of aryl methyl sites for hydroxylation is 1. The summed E-state index contributed by atoms with van der Waals surface area (Å²) in [7, 11) is 0. The minimum atomic E-state index is -1.04. The fourth-order valence-electron chi connectivity index (χ4n) is 3.37. The second-order valence-electron chi connectivity index (χ2n) is 7.20. The molecule has 31 heavy (non-hydrogen) atoms. The molecule has 0 saturated carbocycles. The van der Waals surface area contributed by atoms with E-state index in [1.165, 1.54) is 29.3 Å². The van der Waals surface area contributed by atoms with Gasteiger partial charge in [0.2, 0.25) is 0 Å². The Balaban J connectivity index is 1.58. The first-order valence-electron chi connectivity index (χ1n) is 9.59. The number of benzene rings is 2. The number of carbonyl (C=O) groups excluding carboxylic acids is 2. The Bertz CT molecular complexity index is 1270. The Morgan fingerprint density at radius 2 is 1.74 bits per heavy atom. The molecule has 1 aliphatic heterocycles. The molecule has 0 bridgehead atoms. The third-order valence-corrected chi connectivity index (χ3v) is 5.08. The van der Waals surface area contributed by atoms with Gasteiger partial charge >= 0.3 is 5.97 Å². The summed E-state index contributed by atoms with van der Waals surface area (Å²) in [6.45, 7) is 3.61. The zero-order valence-electron chi connectivity index (χ0n) is 16.9. The summed E-state index contributed by atoms with van der Waals surface area (Å²) in [5.74, 6) is -1.47. The van der Waals surface area contributed by atoms with Crippen LogP contribution in [0.2, 0.25) is 0 Å². The van der Waals surface area contributed by atoms with Crippen LogP contribution in [0.25, 0.3) is 6.08 Å². The van der Waals surface area contributed by atoms with Gasteiger partial charge in [-0.25, -0.2) is 4.79 Å². The number of rotatable bonds is 5. The molecule has 0 aliphatic carbocycles. The number of aromatic nitrogens is 1. The minimum absolute atomic E-state index is 0.0951. The number of H-pyrrole nitrogens is 1. The Morgan fingerprint density at radius 3 is 2.42 bits per heavy atom. The SMILES string of the molecule is CC1=NN(c2ccc(C(=O)O)cc2)C(=O)/C1=C\c1cc(C(=O)c2ccccc2C)c[nH]1. The predicted octanol–water partition coefficient (Wildman–Crippen LogP) is 4.06. The van der Waals surface area contributed by atoms with Crippen LogP contribution < -0.4 is 5.01 Å². The van der Waals surface area contributed by atoms with Gasteiger partial charge in [-0.2, -0.15) is 10.1 Å². The molecular formula is C24H19N3O4. The highest BCUT2D eigenvalue weighted by atomic mass is 16.4. The molecule has 7 heteroatoms. The van der Waals surface area contributed by atoms with E-state index in [2.05, 4.69) is 10.1 Å². The number of carbonyl (C=O) groups is 3. The number of nitrogens with zero attached hydrogens (tertiary/aromatic N) is 2. The minimum Gasteiger partial charge on any atom is -0.478 e. The third-order valence-electron chi connectivity index (χ3n) is 5.08. The largest absolute Gasteiger partial charge is 0.478 e. The quantitative estimate of drug-likeness (QED) is 0.486. The highest BCUT2D eigenvalue weighted by Crippen LogP contribution is 2.25. The zero-order valence-corrected chi connectivity index (χ0v) is 16.9. The molecular weight excluding hydrogens is 394 g/mol. The lowest BCUT2D eigenvalue weighted by atomic mass is 10.0. The lowest BCUT2D eigenvalue weighted by Crippen LogP contribution is -2.21. The van der Waals surface area contributed by atoms with Crippen molar-refractivity contribution in [2.75, 3.05) is 5.01 Å². The first-order chi connectivity index (χ1) is 14.8. The van der Waals surface area contributed by atoms with Crippen LogP contribution in [0.4, 0.5) is 5.69 Å². The summed E-state index contributed by atoms with van der Waals surface area (Å²) in [5.41, 5.74) is 4.15. The number of amides is 1. The van der Waals surface area contributed by atoms with Gasteiger partial charge in [0.25, 0.3) is 5.91 Å². The van der Waals surface area contributed by atoms with Gasteiger partial charge in [-0.15, -0.1) is 0 Å². The Morgan fingerprint density at radius 1 is 1.03 bits per heavy atom. The van der Waals surface area contributed by atoms with E-state index in [4.69, 9.17) is 5.11 Å². The summed E-state index contributed by atoms with van der Waals surface area (Å²) < 4.78 is 0. The van der Waals surface area contributed by atoms with Crippen LogP contribution in [0, 0.1) is 6.92 Å². The van der Waals surface area contributed by atoms with E-state index >= 15 is 0 Å². The van der Waals surface area contributed by atoms with E-state index in [0.29, 0.717) is 33.8 Å². The monoisotopic (exact) mass is 413 g/mol. The Kier molecular flexibility index (Phi) is 5.09. The third kappa shape index (κ3) is 3.81. The van der Waals surface area contributed by atoms with E-state index in [1.54, 1.807) is 31.3 Å². The number of aromatic carboxylic acids is 1. The van der Waals surface area contributed by atoms with Crippen LogP contribution in [0.3, 0.4) is 0 Å². The van der Waals surface area contributed by atoms with Gasteiger partial charge in [-0.1, -0.05) is 24.3 Å². The number of ketones is 1. The highest BCUT2D eigenvalue weighted by Gasteiger charge is 2.29. The van der Waals surface area contributed by atoms with Crippen LogP contribution in [0.5, 0.6) is 0 Å². The maximum Gasteiger partial charge on any atom is 0.335 e. The maximum absolute atomic E-state index is 12.9. The molecule has 0 saturated heterocycles. The number of carboxylic acid groups (broad SMARTS) is 1. The van der Waals surface area contributed by atoms with Crippen LogP contribution in [0.15, 0.2) is 71.5 Å². The molecule has 3 aromatic rings. The van der Waals surface area contributed by atoms with Crippen molar-refractivity contribution in [3.8, 4) is 0 Å². The van der Waals surface area contributed by atoms with Crippen LogP contribution >= 0.6 is 0 Å². The summed E-state index contributed by atoms with van der Waals surface area (Å²) in [6, 6.07) is 15.0. The van der Waals surface area contributed by atoms with Crippen molar-refractivity contribution in [2.24, 2.45) is 5.10 Å². The number of hydrogen-bond acceptors (Lipinski definition) is 4. The Labute approximate surface area is 178 Å².